The Hall–Kier alpha value is -2.32. The average molecular weight is 274 g/mol. The van der Waals surface area contributed by atoms with Crippen molar-refractivity contribution in [1.82, 2.24) is 5.32 Å². The van der Waals surface area contributed by atoms with Gasteiger partial charge in [0.1, 0.15) is 17.4 Å². The van der Waals surface area contributed by atoms with Gasteiger partial charge in [-0.2, -0.15) is 5.26 Å². The lowest BCUT2D eigenvalue weighted by Crippen LogP contribution is -2.27. The summed E-state index contributed by atoms with van der Waals surface area (Å²) < 4.78 is 10.0. The molecule has 0 fully saturated rings. The standard InChI is InChI=1S/C15H18N2O3/c1-11-4-5-12(9-14(11)20-3)8-13(10-16)15(18)17-6-7-19-2/h4-5,8-9H,6-7H2,1-3H3,(H,17,18)/b13-8+. The van der Waals surface area contributed by atoms with Crippen LogP contribution in [-0.4, -0.2) is 33.3 Å². The van der Waals surface area contributed by atoms with Crippen LogP contribution in [0.1, 0.15) is 11.1 Å². The van der Waals surface area contributed by atoms with Gasteiger partial charge in [0.05, 0.1) is 13.7 Å². The van der Waals surface area contributed by atoms with E-state index in [0.29, 0.717) is 13.2 Å². The van der Waals surface area contributed by atoms with Crippen molar-refractivity contribution in [3.8, 4) is 11.8 Å². The fourth-order valence-corrected chi connectivity index (χ4v) is 1.60. The highest BCUT2D eigenvalue weighted by atomic mass is 16.5. The zero-order chi connectivity index (χ0) is 15.0. The van der Waals surface area contributed by atoms with E-state index in [1.807, 2.05) is 25.1 Å². The summed E-state index contributed by atoms with van der Waals surface area (Å²) in [6.07, 6.45) is 1.53. The number of carbonyl (C=O) groups is 1. The summed E-state index contributed by atoms with van der Waals surface area (Å²) in [5, 5.41) is 11.7. The fraction of sp³-hybridized carbons (Fsp3) is 0.333. The van der Waals surface area contributed by atoms with Gasteiger partial charge in [0.2, 0.25) is 0 Å². The van der Waals surface area contributed by atoms with Crippen LogP contribution in [0.4, 0.5) is 0 Å². The molecular formula is C15H18N2O3. The number of nitriles is 1. The maximum Gasteiger partial charge on any atom is 0.262 e. The molecule has 20 heavy (non-hydrogen) atoms. The molecule has 106 valence electrons. The highest BCUT2D eigenvalue weighted by Crippen LogP contribution is 2.20. The molecule has 1 N–H and O–H groups in total. The lowest BCUT2D eigenvalue weighted by molar-refractivity contribution is -0.117. The molecule has 0 aliphatic carbocycles. The first-order valence-electron chi connectivity index (χ1n) is 6.16. The van der Waals surface area contributed by atoms with E-state index in [2.05, 4.69) is 5.32 Å². The summed E-state index contributed by atoms with van der Waals surface area (Å²) in [7, 11) is 3.13. The number of rotatable bonds is 6. The van der Waals surface area contributed by atoms with Crippen molar-refractivity contribution >= 4 is 12.0 Å². The summed E-state index contributed by atoms with van der Waals surface area (Å²) in [6, 6.07) is 7.39. The monoisotopic (exact) mass is 274 g/mol. The SMILES string of the molecule is COCCNC(=O)/C(C#N)=C/c1ccc(C)c(OC)c1. The third-order valence-electron chi connectivity index (χ3n) is 2.70. The predicted octanol–water partition coefficient (Wildman–Crippen LogP) is 1.67. The van der Waals surface area contributed by atoms with Gasteiger partial charge in [-0.05, 0) is 30.2 Å². The van der Waals surface area contributed by atoms with E-state index in [1.165, 1.54) is 6.08 Å². The number of hydrogen-bond donors (Lipinski definition) is 1. The summed E-state index contributed by atoms with van der Waals surface area (Å²) in [4.78, 5) is 11.8. The van der Waals surface area contributed by atoms with Crippen molar-refractivity contribution < 1.29 is 14.3 Å². The number of amides is 1. The van der Waals surface area contributed by atoms with E-state index >= 15 is 0 Å². The van der Waals surface area contributed by atoms with Crippen molar-refractivity contribution in [2.75, 3.05) is 27.4 Å². The van der Waals surface area contributed by atoms with Crippen LogP contribution in [0.5, 0.6) is 5.75 Å². The molecular weight excluding hydrogens is 256 g/mol. The van der Waals surface area contributed by atoms with Crippen LogP contribution in [-0.2, 0) is 9.53 Å². The Balaban J connectivity index is 2.89. The van der Waals surface area contributed by atoms with Crippen LogP contribution >= 0.6 is 0 Å². The molecule has 5 nitrogen and oxygen atoms in total. The van der Waals surface area contributed by atoms with Crippen LogP contribution in [0.25, 0.3) is 6.08 Å². The number of nitrogens with one attached hydrogen (secondary N) is 1. The molecule has 1 aromatic carbocycles. The number of hydrogen-bond acceptors (Lipinski definition) is 4. The van der Waals surface area contributed by atoms with Gasteiger partial charge in [0.15, 0.2) is 0 Å². The van der Waals surface area contributed by atoms with Gasteiger partial charge >= 0.3 is 0 Å². The summed E-state index contributed by atoms with van der Waals surface area (Å²) in [5.74, 6) is 0.305. The molecule has 0 aliphatic heterocycles. The molecule has 0 saturated carbocycles. The first-order valence-corrected chi connectivity index (χ1v) is 6.16. The zero-order valence-electron chi connectivity index (χ0n) is 11.9. The molecule has 0 aromatic heterocycles. The highest BCUT2D eigenvalue weighted by Gasteiger charge is 2.08. The quantitative estimate of drug-likeness (QED) is 0.486. The van der Waals surface area contributed by atoms with Gasteiger partial charge in [-0.1, -0.05) is 12.1 Å². The topological polar surface area (TPSA) is 71.3 Å². The van der Waals surface area contributed by atoms with E-state index in [-0.39, 0.29) is 5.57 Å². The van der Waals surface area contributed by atoms with Crippen molar-refractivity contribution in [1.29, 1.82) is 5.26 Å². The van der Waals surface area contributed by atoms with Crippen LogP contribution in [0.2, 0.25) is 0 Å². The summed E-state index contributed by atoms with van der Waals surface area (Å²) in [6.45, 7) is 2.70. The molecule has 1 amide bonds. The number of benzene rings is 1. The molecule has 0 bridgehead atoms. The zero-order valence-corrected chi connectivity index (χ0v) is 11.9. The van der Waals surface area contributed by atoms with Gasteiger partial charge in [0.25, 0.3) is 5.91 Å². The van der Waals surface area contributed by atoms with Crippen molar-refractivity contribution in [2.24, 2.45) is 0 Å². The van der Waals surface area contributed by atoms with Gasteiger partial charge in [0, 0.05) is 13.7 Å². The fourth-order valence-electron chi connectivity index (χ4n) is 1.60. The minimum atomic E-state index is -0.413. The maximum atomic E-state index is 11.8. The molecule has 0 atom stereocenters. The van der Waals surface area contributed by atoms with Crippen molar-refractivity contribution in [3.05, 3.63) is 34.9 Å². The highest BCUT2D eigenvalue weighted by molar-refractivity contribution is 6.01. The lowest BCUT2D eigenvalue weighted by Gasteiger charge is -2.06. The van der Waals surface area contributed by atoms with Crippen LogP contribution in [0.3, 0.4) is 0 Å². The molecule has 0 spiro atoms. The molecule has 0 aliphatic rings. The maximum absolute atomic E-state index is 11.8. The first-order chi connectivity index (χ1) is 9.62. The molecule has 0 unspecified atom stereocenters. The van der Waals surface area contributed by atoms with Gasteiger partial charge in [-0.25, -0.2) is 0 Å². The Morgan fingerprint density at radius 3 is 2.80 bits per heavy atom. The van der Waals surface area contributed by atoms with Crippen molar-refractivity contribution in [3.63, 3.8) is 0 Å². The third kappa shape index (κ3) is 4.41. The van der Waals surface area contributed by atoms with Gasteiger partial charge in [-0.3, -0.25) is 4.79 Å². The van der Waals surface area contributed by atoms with Crippen molar-refractivity contribution in [2.45, 2.75) is 6.92 Å². The van der Waals surface area contributed by atoms with E-state index in [9.17, 15) is 4.79 Å². The largest absolute Gasteiger partial charge is 0.496 e. The first kappa shape index (κ1) is 15.7. The minimum absolute atomic E-state index is 0.0482. The number of aryl methyl sites for hydroxylation is 1. The third-order valence-corrected chi connectivity index (χ3v) is 2.70. The molecule has 1 rings (SSSR count). The van der Waals surface area contributed by atoms with E-state index in [0.717, 1.165) is 16.9 Å². The molecule has 0 saturated heterocycles. The smallest absolute Gasteiger partial charge is 0.262 e. The van der Waals surface area contributed by atoms with E-state index in [1.54, 1.807) is 20.3 Å². The predicted molar refractivity (Wildman–Crippen MR) is 76.2 cm³/mol. The number of carbonyl (C=O) groups excluding carboxylic acids is 1. The Labute approximate surface area is 118 Å². The molecule has 0 heterocycles. The Morgan fingerprint density at radius 1 is 1.45 bits per heavy atom. The molecule has 1 aromatic rings. The van der Waals surface area contributed by atoms with E-state index in [4.69, 9.17) is 14.7 Å². The summed E-state index contributed by atoms with van der Waals surface area (Å²) in [5.41, 5.74) is 1.78. The number of ether oxygens (including phenoxy) is 2. The summed E-state index contributed by atoms with van der Waals surface area (Å²) >= 11 is 0. The Kier molecular flexibility index (Phi) is 6.27. The van der Waals surface area contributed by atoms with Gasteiger partial charge in [-0.15, -0.1) is 0 Å². The number of nitrogens with zero attached hydrogens (tertiary/aromatic N) is 1. The number of methoxy groups -OCH3 is 2. The Bertz CT molecular complexity index is 545. The minimum Gasteiger partial charge on any atom is -0.496 e. The van der Waals surface area contributed by atoms with E-state index < -0.39 is 5.91 Å². The molecule has 5 heteroatoms. The second-order valence-corrected chi connectivity index (χ2v) is 4.15. The van der Waals surface area contributed by atoms with Gasteiger partial charge < -0.3 is 14.8 Å². The second-order valence-electron chi connectivity index (χ2n) is 4.15. The average Bonchev–Trinajstić information content (AvgIpc) is 2.46. The lowest BCUT2D eigenvalue weighted by atomic mass is 10.1. The second kappa shape index (κ2) is 7.97. The van der Waals surface area contributed by atoms with Crippen LogP contribution in [0.15, 0.2) is 23.8 Å². The van der Waals surface area contributed by atoms with Crippen LogP contribution < -0.4 is 10.1 Å². The molecule has 0 radical (unpaired) electrons. The normalized spacial score (nSPS) is 10.8. The Morgan fingerprint density at radius 2 is 2.20 bits per heavy atom. The van der Waals surface area contributed by atoms with Crippen LogP contribution in [0, 0.1) is 18.3 Å².